The van der Waals surface area contributed by atoms with Gasteiger partial charge in [-0.3, -0.25) is 9.59 Å². The van der Waals surface area contributed by atoms with Crippen LogP contribution in [-0.4, -0.2) is 28.2 Å². The van der Waals surface area contributed by atoms with E-state index in [-0.39, 0.29) is 22.4 Å². The van der Waals surface area contributed by atoms with Gasteiger partial charge in [-0.1, -0.05) is 11.6 Å². The predicted octanol–water partition coefficient (Wildman–Crippen LogP) is 3.67. The Hall–Kier alpha value is -2.49. The second-order valence-corrected chi connectivity index (χ2v) is 6.09. The fourth-order valence-corrected chi connectivity index (χ4v) is 2.82. The topological polar surface area (TPSA) is 76.3 Å². The smallest absolute Gasteiger partial charge is 0.392 e. The lowest BCUT2D eigenvalue weighted by Crippen LogP contribution is -2.47. The van der Waals surface area contributed by atoms with Crippen LogP contribution in [0, 0.1) is 18.7 Å². The van der Waals surface area contributed by atoms with Crippen LogP contribution in [0.2, 0.25) is 5.02 Å². The molecule has 1 aliphatic heterocycles. The van der Waals surface area contributed by atoms with Crippen LogP contribution in [0.1, 0.15) is 18.7 Å². The third kappa shape index (κ3) is 3.28. The molecule has 0 atom stereocenters. The van der Waals surface area contributed by atoms with Gasteiger partial charge in [0.15, 0.2) is 0 Å². The molecule has 2 heterocycles. The molecule has 0 radical (unpaired) electrons. The van der Waals surface area contributed by atoms with Crippen molar-refractivity contribution >= 4 is 29.1 Å². The van der Waals surface area contributed by atoms with Crippen molar-refractivity contribution in [2.45, 2.75) is 25.9 Å². The van der Waals surface area contributed by atoms with Gasteiger partial charge in [-0.2, -0.15) is 13.2 Å². The SMILES string of the molecule is Cc1nnc(-c2cc(N3C(=O)CC(C(F)(F)F)CC3=O)c(F)cc2Cl)o1. The Morgan fingerprint density at radius 1 is 1.19 bits per heavy atom. The number of benzene rings is 1. The van der Waals surface area contributed by atoms with Gasteiger partial charge in [0.2, 0.25) is 23.6 Å². The summed E-state index contributed by atoms with van der Waals surface area (Å²) in [7, 11) is 0. The second kappa shape index (κ2) is 6.35. The van der Waals surface area contributed by atoms with Gasteiger partial charge < -0.3 is 4.42 Å². The molecule has 11 heteroatoms. The van der Waals surface area contributed by atoms with Crippen molar-refractivity contribution in [1.82, 2.24) is 10.2 Å². The largest absolute Gasteiger partial charge is 0.421 e. The van der Waals surface area contributed by atoms with Crippen LogP contribution < -0.4 is 4.90 Å². The lowest BCUT2D eigenvalue weighted by Gasteiger charge is -2.31. The molecule has 0 spiro atoms. The van der Waals surface area contributed by atoms with Crippen LogP contribution >= 0.6 is 11.6 Å². The third-order valence-corrected chi connectivity index (χ3v) is 4.15. The number of carbonyl (C=O) groups is 2. The first-order valence-corrected chi connectivity index (χ1v) is 7.67. The van der Waals surface area contributed by atoms with Crippen LogP contribution in [0.5, 0.6) is 0 Å². The molecule has 0 N–H and O–H groups in total. The molecule has 0 bridgehead atoms. The molecule has 1 aromatic carbocycles. The molecule has 0 unspecified atom stereocenters. The first kappa shape index (κ1) is 18.3. The first-order chi connectivity index (χ1) is 12.1. The van der Waals surface area contributed by atoms with Gasteiger partial charge in [-0.05, 0) is 12.1 Å². The Labute approximate surface area is 148 Å². The lowest BCUT2D eigenvalue weighted by molar-refractivity contribution is -0.185. The zero-order valence-electron chi connectivity index (χ0n) is 13.1. The number of carbonyl (C=O) groups excluding carboxylic acids is 2. The van der Waals surface area contributed by atoms with Crippen molar-refractivity contribution in [2.75, 3.05) is 4.90 Å². The van der Waals surface area contributed by atoms with Gasteiger partial charge in [0.25, 0.3) is 0 Å². The Morgan fingerprint density at radius 2 is 1.81 bits per heavy atom. The lowest BCUT2D eigenvalue weighted by atomic mass is 9.94. The van der Waals surface area contributed by atoms with Crippen LogP contribution in [-0.2, 0) is 9.59 Å². The minimum Gasteiger partial charge on any atom is -0.421 e. The number of alkyl halides is 3. The monoisotopic (exact) mass is 391 g/mol. The fourth-order valence-electron chi connectivity index (χ4n) is 2.59. The standard InChI is InChI=1S/C15H10ClF4N3O3/c1-6-21-22-14(26-6)8-4-11(10(17)5-9(8)16)23-12(24)2-7(3-13(23)25)15(18,19)20/h4-5,7H,2-3H2,1H3. The van der Waals surface area contributed by atoms with Crippen molar-refractivity contribution in [3.63, 3.8) is 0 Å². The van der Waals surface area contributed by atoms with E-state index in [1.165, 1.54) is 6.92 Å². The minimum absolute atomic E-state index is 0.0437. The Kier molecular flexibility index (Phi) is 4.47. The fraction of sp³-hybridized carbons (Fsp3) is 0.333. The highest BCUT2D eigenvalue weighted by Gasteiger charge is 2.48. The maximum Gasteiger partial charge on any atom is 0.392 e. The van der Waals surface area contributed by atoms with Gasteiger partial charge in [0.1, 0.15) is 5.82 Å². The predicted molar refractivity (Wildman–Crippen MR) is 80.7 cm³/mol. The molecule has 0 aliphatic carbocycles. The van der Waals surface area contributed by atoms with E-state index in [1.807, 2.05) is 0 Å². The second-order valence-electron chi connectivity index (χ2n) is 5.68. The van der Waals surface area contributed by atoms with Gasteiger partial charge in [-0.15, -0.1) is 10.2 Å². The molecular weight excluding hydrogens is 382 g/mol. The molecule has 1 fully saturated rings. The van der Waals surface area contributed by atoms with E-state index in [9.17, 15) is 27.2 Å². The maximum absolute atomic E-state index is 14.3. The number of imide groups is 1. The number of amides is 2. The van der Waals surface area contributed by atoms with E-state index in [4.69, 9.17) is 16.0 Å². The molecule has 6 nitrogen and oxygen atoms in total. The molecule has 1 saturated heterocycles. The Bertz CT molecular complexity index is 879. The number of anilines is 1. The van der Waals surface area contributed by atoms with Crippen molar-refractivity contribution < 1.29 is 31.6 Å². The molecule has 1 aromatic heterocycles. The number of aryl methyl sites for hydroxylation is 1. The number of piperidine rings is 1. The van der Waals surface area contributed by atoms with Crippen molar-refractivity contribution in [3.8, 4) is 11.5 Å². The molecule has 26 heavy (non-hydrogen) atoms. The summed E-state index contributed by atoms with van der Waals surface area (Å²) in [5.41, 5.74) is -0.474. The highest BCUT2D eigenvalue weighted by Crippen LogP contribution is 2.39. The van der Waals surface area contributed by atoms with Crippen molar-refractivity contribution in [2.24, 2.45) is 5.92 Å². The number of rotatable bonds is 2. The van der Waals surface area contributed by atoms with Crippen LogP contribution in [0.25, 0.3) is 11.5 Å². The molecule has 2 aromatic rings. The van der Waals surface area contributed by atoms with E-state index in [2.05, 4.69) is 10.2 Å². The molecule has 0 saturated carbocycles. The van der Waals surface area contributed by atoms with Crippen LogP contribution in [0.15, 0.2) is 16.5 Å². The van der Waals surface area contributed by atoms with Gasteiger partial charge in [-0.25, -0.2) is 9.29 Å². The zero-order valence-corrected chi connectivity index (χ0v) is 13.9. The zero-order chi connectivity index (χ0) is 19.2. The number of aromatic nitrogens is 2. The normalized spacial score (nSPS) is 16.5. The van der Waals surface area contributed by atoms with Gasteiger partial charge >= 0.3 is 6.18 Å². The first-order valence-electron chi connectivity index (χ1n) is 7.30. The summed E-state index contributed by atoms with van der Waals surface area (Å²) in [4.78, 5) is 24.6. The molecular formula is C15H10ClF4N3O3. The van der Waals surface area contributed by atoms with E-state index in [0.717, 1.165) is 12.1 Å². The Balaban J connectivity index is 2.01. The number of hydrogen-bond donors (Lipinski definition) is 0. The van der Waals surface area contributed by atoms with E-state index >= 15 is 0 Å². The summed E-state index contributed by atoms with van der Waals surface area (Å²) in [6.07, 6.45) is -6.60. The summed E-state index contributed by atoms with van der Waals surface area (Å²) in [6, 6.07) is 1.84. The van der Waals surface area contributed by atoms with Crippen LogP contribution in [0.4, 0.5) is 23.2 Å². The van der Waals surface area contributed by atoms with E-state index in [1.54, 1.807) is 0 Å². The van der Waals surface area contributed by atoms with E-state index < -0.39 is 48.3 Å². The summed E-state index contributed by atoms with van der Waals surface area (Å²) >= 11 is 5.94. The number of hydrogen-bond acceptors (Lipinski definition) is 5. The summed E-state index contributed by atoms with van der Waals surface area (Å²) in [5, 5.41) is 7.18. The van der Waals surface area contributed by atoms with Crippen molar-refractivity contribution in [3.05, 3.63) is 28.9 Å². The van der Waals surface area contributed by atoms with Crippen LogP contribution in [0.3, 0.4) is 0 Å². The quantitative estimate of drug-likeness (QED) is 0.576. The highest BCUT2D eigenvalue weighted by atomic mass is 35.5. The van der Waals surface area contributed by atoms with E-state index in [0.29, 0.717) is 4.90 Å². The van der Waals surface area contributed by atoms with Gasteiger partial charge in [0, 0.05) is 19.8 Å². The maximum atomic E-state index is 14.3. The molecule has 3 rings (SSSR count). The molecule has 2 amide bonds. The highest BCUT2D eigenvalue weighted by molar-refractivity contribution is 6.33. The summed E-state index contributed by atoms with van der Waals surface area (Å²) in [5.74, 6) is -5.33. The average molecular weight is 392 g/mol. The summed E-state index contributed by atoms with van der Waals surface area (Å²) in [6.45, 7) is 1.50. The molecule has 138 valence electrons. The Morgan fingerprint density at radius 3 is 2.31 bits per heavy atom. The van der Waals surface area contributed by atoms with Gasteiger partial charge in [0.05, 0.1) is 22.2 Å². The minimum atomic E-state index is -4.69. The third-order valence-electron chi connectivity index (χ3n) is 3.84. The molecule has 1 aliphatic rings. The number of halogens is 5. The number of nitrogens with zero attached hydrogens (tertiary/aromatic N) is 3. The van der Waals surface area contributed by atoms with Crippen molar-refractivity contribution in [1.29, 1.82) is 0 Å². The summed E-state index contributed by atoms with van der Waals surface area (Å²) < 4.78 is 57.9. The average Bonchev–Trinajstić information content (AvgIpc) is 2.93.